The molecule has 0 spiro atoms. The summed E-state index contributed by atoms with van der Waals surface area (Å²) >= 11 is 6.03. The van der Waals surface area contributed by atoms with Crippen LogP contribution in [0.5, 0.6) is 0 Å². The maximum Gasteiger partial charge on any atom is 0.285 e. The van der Waals surface area contributed by atoms with Gasteiger partial charge in [0, 0.05) is 16.5 Å². The van der Waals surface area contributed by atoms with Gasteiger partial charge in [0.05, 0.1) is 17.2 Å². The standard InChI is InChI=1S/C23H21ClN6O2S/c24-18-10-6-16(7-11-18)21-20(15-4-2-1-3-5-15)14-30(28-21)23(27)29-33(31,32)19-12-8-17(9-13-19)22(25)26/h1-13,20H,14H2,(H3,25,26)(H2,27,29). The van der Waals surface area contributed by atoms with Gasteiger partial charge in [0.2, 0.25) is 5.96 Å². The van der Waals surface area contributed by atoms with Crippen LogP contribution in [0.3, 0.4) is 0 Å². The van der Waals surface area contributed by atoms with Crippen molar-refractivity contribution >= 4 is 39.1 Å². The smallest absolute Gasteiger partial charge is 0.285 e. The lowest BCUT2D eigenvalue weighted by Crippen LogP contribution is -2.33. The van der Waals surface area contributed by atoms with Gasteiger partial charge < -0.3 is 11.5 Å². The number of hydrogen-bond acceptors (Lipinski definition) is 4. The molecular weight excluding hydrogens is 460 g/mol. The van der Waals surface area contributed by atoms with Gasteiger partial charge in [-0.1, -0.05) is 54.1 Å². The molecule has 0 amide bonds. The monoisotopic (exact) mass is 480 g/mol. The molecule has 0 radical (unpaired) electrons. The summed E-state index contributed by atoms with van der Waals surface area (Å²) in [5, 5.41) is 14.0. The average molecular weight is 481 g/mol. The van der Waals surface area contributed by atoms with Crippen molar-refractivity contribution in [1.29, 1.82) is 5.41 Å². The predicted octanol–water partition coefficient (Wildman–Crippen LogP) is 3.13. The Balaban J connectivity index is 1.67. The third-order valence-electron chi connectivity index (χ3n) is 5.20. The first-order chi connectivity index (χ1) is 15.7. The number of nitrogens with zero attached hydrogens (tertiary/aromatic N) is 3. The molecule has 1 aliphatic heterocycles. The lowest BCUT2D eigenvalue weighted by molar-refractivity contribution is 0.470. The largest absolute Gasteiger partial charge is 0.384 e. The SMILES string of the molecule is N=C(N)c1ccc(S(=O)(=O)/N=C(\N)N2CC(c3ccccc3)C(c3ccc(Cl)cc3)=N2)cc1. The van der Waals surface area contributed by atoms with Crippen LogP contribution in [0, 0.1) is 5.41 Å². The van der Waals surface area contributed by atoms with Crippen molar-refractivity contribution in [2.45, 2.75) is 10.8 Å². The molecule has 0 saturated heterocycles. The van der Waals surface area contributed by atoms with Crippen LogP contribution in [-0.2, 0) is 10.0 Å². The van der Waals surface area contributed by atoms with Gasteiger partial charge in [0.25, 0.3) is 10.0 Å². The van der Waals surface area contributed by atoms with Crippen molar-refractivity contribution in [1.82, 2.24) is 5.01 Å². The van der Waals surface area contributed by atoms with Crippen LogP contribution >= 0.6 is 11.6 Å². The van der Waals surface area contributed by atoms with E-state index in [1.165, 1.54) is 29.3 Å². The number of nitrogens with two attached hydrogens (primary N) is 2. The normalized spacial score (nSPS) is 16.5. The topological polar surface area (TPSA) is 138 Å². The highest BCUT2D eigenvalue weighted by Gasteiger charge is 2.31. The van der Waals surface area contributed by atoms with E-state index in [1.54, 1.807) is 12.1 Å². The number of benzene rings is 3. The highest BCUT2D eigenvalue weighted by atomic mass is 35.5. The number of halogens is 1. The minimum Gasteiger partial charge on any atom is -0.384 e. The van der Waals surface area contributed by atoms with Crippen molar-refractivity contribution in [3.8, 4) is 0 Å². The molecule has 0 fully saturated rings. The number of hydrazone groups is 1. The molecule has 0 aliphatic carbocycles. The summed E-state index contributed by atoms with van der Waals surface area (Å²) in [7, 11) is -4.09. The first kappa shape index (κ1) is 22.5. The van der Waals surface area contributed by atoms with Crippen molar-refractivity contribution in [3.05, 3.63) is 101 Å². The fourth-order valence-electron chi connectivity index (χ4n) is 3.50. The fourth-order valence-corrected chi connectivity index (χ4v) is 4.55. The van der Waals surface area contributed by atoms with Gasteiger partial charge in [0.15, 0.2) is 0 Å². The molecule has 1 atom stereocenters. The molecule has 4 rings (SSSR count). The minimum absolute atomic E-state index is 0.0591. The lowest BCUT2D eigenvalue weighted by Gasteiger charge is -2.15. The summed E-state index contributed by atoms with van der Waals surface area (Å²) in [5.74, 6) is -0.538. The van der Waals surface area contributed by atoms with Crippen molar-refractivity contribution in [2.75, 3.05) is 6.54 Å². The third kappa shape index (κ3) is 4.89. The second-order valence-corrected chi connectivity index (χ2v) is 9.44. The molecule has 1 unspecified atom stereocenters. The average Bonchev–Trinajstić information content (AvgIpc) is 3.26. The van der Waals surface area contributed by atoms with Crippen molar-refractivity contribution in [3.63, 3.8) is 0 Å². The molecule has 1 heterocycles. The van der Waals surface area contributed by atoms with E-state index in [4.69, 9.17) is 28.5 Å². The first-order valence-corrected chi connectivity index (χ1v) is 11.8. The zero-order valence-corrected chi connectivity index (χ0v) is 19.0. The van der Waals surface area contributed by atoms with Crippen LogP contribution in [0.4, 0.5) is 0 Å². The van der Waals surface area contributed by atoms with E-state index in [2.05, 4.69) is 9.50 Å². The number of guanidine groups is 1. The van der Waals surface area contributed by atoms with E-state index < -0.39 is 10.0 Å². The van der Waals surface area contributed by atoms with Crippen molar-refractivity contribution in [2.24, 2.45) is 21.0 Å². The predicted molar refractivity (Wildman–Crippen MR) is 130 cm³/mol. The summed E-state index contributed by atoms with van der Waals surface area (Å²) in [6.07, 6.45) is 0. The summed E-state index contributed by atoms with van der Waals surface area (Å²) in [6.45, 7) is 0.329. The summed E-state index contributed by atoms with van der Waals surface area (Å²) in [4.78, 5) is -0.0591. The van der Waals surface area contributed by atoms with Gasteiger partial charge >= 0.3 is 0 Å². The van der Waals surface area contributed by atoms with Crippen LogP contribution in [0.2, 0.25) is 5.02 Å². The Morgan fingerprint density at radius 2 is 1.64 bits per heavy atom. The molecule has 33 heavy (non-hydrogen) atoms. The molecule has 3 aromatic rings. The van der Waals surface area contributed by atoms with E-state index in [0.29, 0.717) is 17.1 Å². The van der Waals surface area contributed by atoms with Crippen molar-refractivity contribution < 1.29 is 8.42 Å². The van der Waals surface area contributed by atoms with E-state index in [9.17, 15) is 8.42 Å². The highest BCUT2D eigenvalue weighted by molar-refractivity contribution is 7.90. The molecule has 5 N–H and O–H groups in total. The Labute approximate surface area is 196 Å². The second-order valence-electron chi connectivity index (χ2n) is 7.40. The van der Waals surface area contributed by atoms with E-state index in [-0.39, 0.29) is 22.6 Å². The van der Waals surface area contributed by atoms with Crippen LogP contribution < -0.4 is 11.5 Å². The number of nitrogen functional groups attached to an aromatic ring is 1. The first-order valence-electron chi connectivity index (χ1n) is 9.96. The van der Waals surface area contributed by atoms with Crippen LogP contribution in [0.25, 0.3) is 0 Å². The second kappa shape index (κ2) is 9.05. The molecule has 0 saturated carbocycles. The van der Waals surface area contributed by atoms with Gasteiger partial charge in [0.1, 0.15) is 5.84 Å². The Hall–Kier alpha value is -3.69. The van der Waals surface area contributed by atoms with Crippen LogP contribution in [0.1, 0.15) is 22.6 Å². The quantitative estimate of drug-likeness (QED) is 0.380. The highest BCUT2D eigenvalue weighted by Crippen LogP contribution is 2.29. The Bertz CT molecular complexity index is 1340. The molecule has 0 aromatic heterocycles. The van der Waals surface area contributed by atoms with Gasteiger partial charge in [-0.15, -0.1) is 4.40 Å². The van der Waals surface area contributed by atoms with E-state index >= 15 is 0 Å². The number of rotatable bonds is 5. The third-order valence-corrected chi connectivity index (χ3v) is 6.74. The lowest BCUT2D eigenvalue weighted by atomic mass is 9.91. The zero-order chi connectivity index (χ0) is 23.6. The summed E-state index contributed by atoms with van der Waals surface area (Å²) < 4.78 is 29.3. The van der Waals surface area contributed by atoms with Gasteiger partial charge in [-0.3, -0.25) is 5.41 Å². The van der Waals surface area contributed by atoms with Gasteiger partial charge in [-0.25, -0.2) is 5.01 Å². The molecule has 0 bridgehead atoms. The summed E-state index contributed by atoms with van der Waals surface area (Å²) in [6, 6.07) is 22.6. The number of nitrogens with one attached hydrogen (secondary N) is 1. The molecule has 8 nitrogen and oxygen atoms in total. The van der Waals surface area contributed by atoms with E-state index in [1.807, 2.05) is 42.5 Å². The van der Waals surface area contributed by atoms with Gasteiger partial charge in [-0.2, -0.15) is 13.5 Å². The Morgan fingerprint density at radius 3 is 2.24 bits per heavy atom. The Kier molecular flexibility index (Phi) is 6.17. The number of amidine groups is 1. The number of sulfonamides is 1. The zero-order valence-electron chi connectivity index (χ0n) is 17.4. The fraction of sp³-hybridized carbons (Fsp3) is 0.0870. The molecule has 3 aromatic carbocycles. The minimum atomic E-state index is -4.09. The molecule has 1 aliphatic rings. The molecular formula is C23H21ClN6O2S. The van der Waals surface area contributed by atoms with E-state index in [0.717, 1.165) is 16.8 Å². The molecule has 168 valence electrons. The van der Waals surface area contributed by atoms with Crippen LogP contribution in [-0.4, -0.2) is 37.5 Å². The van der Waals surface area contributed by atoms with Gasteiger partial charge in [-0.05, 0) is 47.5 Å². The maximum atomic E-state index is 12.8. The summed E-state index contributed by atoms with van der Waals surface area (Å²) in [5.41, 5.74) is 14.5. The Morgan fingerprint density at radius 1 is 1.00 bits per heavy atom. The van der Waals surface area contributed by atoms with Crippen LogP contribution in [0.15, 0.2) is 93.3 Å². The molecule has 10 heteroatoms. The number of hydrogen-bond donors (Lipinski definition) is 3. The maximum absolute atomic E-state index is 12.8.